The fraction of sp³-hybridized carbons (Fsp3) is 0.129. The van der Waals surface area contributed by atoms with E-state index in [-0.39, 0.29) is 10.0 Å². The van der Waals surface area contributed by atoms with Crippen LogP contribution in [0.15, 0.2) is 96.0 Å². The summed E-state index contributed by atoms with van der Waals surface area (Å²) in [6.07, 6.45) is -1.10. The highest BCUT2D eigenvalue weighted by atomic mass is 35.5. The van der Waals surface area contributed by atoms with Crippen LogP contribution in [0, 0.1) is 5.82 Å². The van der Waals surface area contributed by atoms with Crippen LogP contribution in [0.5, 0.6) is 0 Å². The van der Waals surface area contributed by atoms with Gasteiger partial charge in [-0.05, 0) is 52.6 Å². The molecule has 0 bridgehead atoms. The van der Waals surface area contributed by atoms with Crippen LogP contribution < -0.4 is 10.2 Å². The zero-order chi connectivity index (χ0) is 28.4. The van der Waals surface area contributed by atoms with Gasteiger partial charge in [-0.1, -0.05) is 83.9 Å². The van der Waals surface area contributed by atoms with Gasteiger partial charge in [0, 0.05) is 18.8 Å². The standard InChI is InChI=1S/C31H24Cl2FN3O3/c1-37-26-16-20(18-5-3-2-4-6-18)7-8-22(26)17-35-29(31(37)40)36-30(39)27(19-9-12-23(34)13-10-19)28(38)21-11-14-24(32)25(33)15-21/h2-17,27-29,38H,1H3,(H,36,39)/t27-,28+,29+/m0/s1. The third kappa shape index (κ3) is 5.63. The van der Waals surface area contributed by atoms with E-state index in [1.54, 1.807) is 19.3 Å². The number of nitrogens with one attached hydrogen (secondary N) is 1. The number of rotatable bonds is 6. The van der Waals surface area contributed by atoms with E-state index in [0.717, 1.165) is 11.1 Å². The quantitative estimate of drug-likeness (QED) is 0.289. The summed E-state index contributed by atoms with van der Waals surface area (Å²) in [4.78, 5) is 32.9. The number of aliphatic hydroxyl groups is 1. The number of carbonyl (C=O) groups excluding carboxylic acids is 2. The van der Waals surface area contributed by atoms with Gasteiger partial charge in [-0.3, -0.25) is 14.6 Å². The number of anilines is 1. The van der Waals surface area contributed by atoms with Crippen LogP contribution in [0.25, 0.3) is 11.1 Å². The number of likely N-dealkylation sites (N-methyl/N-ethyl adjacent to an activating group) is 1. The van der Waals surface area contributed by atoms with Gasteiger partial charge in [-0.25, -0.2) is 4.39 Å². The third-order valence-corrected chi connectivity index (χ3v) is 7.56. The molecule has 1 aliphatic rings. The minimum absolute atomic E-state index is 0.203. The number of benzodiazepines with no additional fused rings is 1. The first kappa shape index (κ1) is 27.5. The summed E-state index contributed by atoms with van der Waals surface area (Å²) in [5.74, 6) is -2.84. The highest BCUT2D eigenvalue weighted by Gasteiger charge is 2.35. The van der Waals surface area contributed by atoms with Crippen molar-refractivity contribution in [1.29, 1.82) is 0 Å². The number of aliphatic imine (C=N–C) groups is 1. The predicted molar refractivity (Wildman–Crippen MR) is 155 cm³/mol. The normalized spacial score (nSPS) is 16.2. The number of carbonyl (C=O) groups is 2. The number of nitrogens with zero attached hydrogens (tertiary/aromatic N) is 2. The molecule has 40 heavy (non-hydrogen) atoms. The van der Waals surface area contributed by atoms with Gasteiger partial charge in [0.15, 0.2) is 0 Å². The summed E-state index contributed by atoms with van der Waals surface area (Å²) >= 11 is 12.2. The van der Waals surface area contributed by atoms with Crippen LogP contribution >= 0.6 is 23.2 Å². The van der Waals surface area contributed by atoms with E-state index in [1.165, 1.54) is 41.3 Å². The summed E-state index contributed by atoms with van der Waals surface area (Å²) in [6, 6.07) is 25.2. The van der Waals surface area contributed by atoms with Crippen LogP contribution in [0.3, 0.4) is 0 Å². The zero-order valence-electron chi connectivity index (χ0n) is 21.3. The largest absolute Gasteiger partial charge is 0.387 e. The van der Waals surface area contributed by atoms with E-state index >= 15 is 0 Å². The van der Waals surface area contributed by atoms with Gasteiger partial charge in [0.05, 0.1) is 27.8 Å². The molecule has 0 aliphatic carbocycles. The molecule has 0 saturated heterocycles. The number of aliphatic hydroxyl groups excluding tert-OH is 1. The van der Waals surface area contributed by atoms with Crippen LogP contribution in [0.2, 0.25) is 10.0 Å². The second kappa shape index (κ2) is 11.6. The molecule has 9 heteroatoms. The zero-order valence-corrected chi connectivity index (χ0v) is 22.8. The van der Waals surface area contributed by atoms with Gasteiger partial charge in [-0.2, -0.15) is 0 Å². The van der Waals surface area contributed by atoms with Gasteiger partial charge in [0.2, 0.25) is 12.1 Å². The molecule has 0 aromatic heterocycles. The molecule has 0 radical (unpaired) electrons. The van der Waals surface area contributed by atoms with E-state index in [0.29, 0.717) is 22.4 Å². The maximum absolute atomic E-state index is 13.7. The Hall–Kier alpha value is -4.04. The van der Waals surface area contributed by atoms with Crippen molar-refractivity contribution in [2.24, 2.45) is 4.99 Å². The molecule has 1 aliphatic heterocycles. The van der Waals surface area contributed by atoms with Gasteiger partial charge in [0.25, 0.3) is 5.91 Å². The van der Waals surface area contributed by atoms with E-state index in [4.69, 9.17) is 23.2 Å². The molecule has 0 saturated carbocycles. The average molecular weight is 576 g/mol. The number of hydrogen-bond acceptors (Lipinski definition) is 4. The molecular weight excluding hydrogens is 552 g/mol. The molecule has 0 spiro atoms. The second-order valence-corrected chi connectivity index (χ2v) is 10.2. The maximum Gasteiger partial charge on any atom is 0.272 e. The Balaban J connectivity index is 1.44. The predicted octanol–water partition coefficient (Wildman–Crippen LogP) is 6.15. The van der Waals surface area contributed by atoms with Crippen molar-refractivity contribution in [3.05, 3.63) is 124 Å². The Bertz CT molecular complexity index is 1600. The van der Waals surface area contributed by atoms with E-state index in [1.807, 2.05) is 48.5 Å². The summed E-state index contributed by atoms with van der Waals surface area (Å²) in [5.41, 5.74) is 3.93. The minimum atomic E-state index is -1.38. The molecule has 0 fully saturated rings. The number of halogens is 3. The molecule has 3 atom stereocenters. The first-order chi connectivity index (χ1) is 19.2. The molecule has 2 amide bonds. The van der Waals surface area contributed by atoms with Gasteiger partial charge >= 0.3 is 0 Å². The van der Waals surface area contributed by atoms with Crippen molar-refractivity contribution in [2.45, 2.75) is 18.2 Å². The lowest BCUT2D eigenvalue weighted by Gasteiger charge is -2.26. The lowest BCUT2D eigenvalue weighted by Crippen LogP contribution is -2.48. The van der Waals surface area contributed by atoms with Crippen molar-refractivity contribution >= 4 is 46.9 Å². The van der Waals surface area contributed by atoms with E-state index < -0.39 is 35.8 Å². The highest BCUT2D eigenvalue weighted by Crippen LogP contribution is 2.35. The Labute approximate surface area is 240 Å². The lowest BCUT2D eigenvalue weighted by atomic mass is 9.88. The van der Waals surface area contributed by atoms with E-state index in [2.05, 4.69) is 10.3 Å². The average Bonchev–Trinajstić information content (AvgIpc) is 3.08. The number of fused-ring (bicyclic) bond motifs is 1. The van der Waals surface area contributed by atoms with Gasteiger partial charge < -0.3 is 15.3 Å². The van der Waals surface area contributed by atoms with Crippen LogP contribution in [0.1, 0.15) is 28.7 Å². The summed E-state index contributed by atoms with van der Waals surface area (Å²) in [7, 11) is 1.62. The van der Waals surface area contributed by atoms with Crippen molar-refractivity contribution < 1.29 is 19.1 Å². The molecule has 2 N–H and O–H groups in total. The molecule has 5 rings (SSSR count). The lowest BCUT2D eigenvalue weighted by molar-refractivity contribution is -0.130. The smallest absolute Gasteiger partial charge is 0.272 e. The van der Waals surface area contributed by atoms with Crippen LogP contribution in [0.4, 0.5) is 10.1 Å². The van der Waals surface area contributed by atoms with Gasteiger partial charge in [-0.15, -0.1) is 0 Å². The third-order valence-electron chi connectivity index (χ3n) is 6.82. The minimum Gasteiger partial charge on any atom is -0.387 e. The summed E-state index contributed by atoms with van der Waals surface area (Å²) < 4.78 is 13.7. The SMILES string of the molecule is CN1C(=O)[C@@H](NC(=O)[C@@H](c2ccc(F)cc2)[C@H](O)c2ccc(Cl)c(Cl)c2)N=Cc2ccc(-c3ccccc3)cc21. The first-order valence-electron chi connectivity index (χ1n) is 12.4. The highest BCUT2D eigenvalue weighted by molar-refractivity contribution is 6.42. The molecular formula is C31H24Cl2FN3O3. The molecule has 4 aromatic rings. The van der Waals surface area contributed by atoms with Crippen LogP contribution in [-0.4, -0.2) is 36.3 Å². The van der Waals surface area contributed by atoms with Crippen molar-refractivity contribution in [3.8, 4) is 11.1 Å². The molecule has 6 nitrogen and oxygen atoms in total. The molecule has 1 heterocycles. The van der Waals surface area contributed by atoms with Crippen molar-refractivity contribution in [2.75, 3.05) is 11.9 Å². The van der Waals surface area contributed by atoms with Crippen molar-refractivity contribution in [3.63, 3.8) is 0 Å². The molecule has 4 aromatic carbocycles. The summed E-state index contributed by atoms with van der Waals surface area (Å²) in [6.45, 7) is 0. The Kier molecular flexibility index (Phi) is 7.98. The fourth-order valence-electron chi connectivity index (χ4n) is 4.63. The van der Waals surface area contributed by atoms with Gasteiger partial charge in [0.1, 0.15) is 5.82 Å². The number of amides is 2. The Morgan fingerprint density at radius 1 is 0.925 bits per heavy atom. The second-order valence-electron chi connectivity index (χ2n) is 9.37. The summed E-state index contributed by atoms with van der Waals surface area (Å²) in [5, 5.41) is 14.4. The number of benzene rings is 4. The Morgan fingerprint density at radius 2 is 1.62 bits per heavy atom. The monoisotopic (exact) mass is 575 g/mol. The first-order valence-corrected chi connectivity index (χ1v) is 13.2. The van der Waals surface area contributed by atoms with Crippen molar-refractivity contribution in [1.82, 2.24) is 5.32 Å². The number of hydrogen-bond donors (Lipinski definition) is 2. The topological polar surface area (TPSA) is 82.0 Å². The molecule has 202 valence electrons. The Morgan fingerprint density at radius 3 is 2.33 bits per heavy atom. The molecule has 0 unspecified atom stereocenters. The van der Waals surface area contributed by atoms with Crippen LogP contribution in [-0.2, 0) is 9.59 Å². The maximum atomic E-state index is 13.7. The fourth-order valence-corrected chi connectivity index (χ4v) is 4.94. The van der Waals surface area contributed by atoms with E-state index in [9.17, 15) is 19.1 Å².